The van der Waals surface area contributed by atoms with Crippen molar-refractivity contribution in [2.45, 2.75) is 38.2 Å². The lowest BCUT2D eigenvalue weighted by molar-refractivity contribution is -0.135. The second-order valence-electron chi connectivity index (χ2n) is 11.6. The van der Waals surface area contributed by atoms with Crippen LogP contribution in [0.5, 0.6) is 0 Å². The molecule has 2 heterocycles. The molecule has 2 aromatic heterocycles. The Bertz CT molecular complexity index is 1820. The molecule has 2 aromatic carbocycles. The predicted octanol–water partition coefficient (Wildman–Crippen LogP) is 5.62. The van der Waals surface area contributed by atoms with E-state index >= 15 is 0 Å². The largest absolute Gasteiger partial charge is 0.480 e. The molecular formula is C30H34Cl2N6O6S. The first kappa shape index (κ1) is 34.0. The molecule has 0 bridgehead atoms. The molecule has 0 radical (unpaired) electrons. The van der Waals surface area contributed by atoms with Gasteiger partial charge in [-0.25, -0.2) is 23.2 Å². The maximum absolute atomic E-state index is 13.6. The van der Waals surface area contributed by atoms with Crippen LogP contribution < -0.4 is 9.21 Å². The molecule has 240 valence electrons. The molecule has 0 spiro atoms. The van der Waals surface area contributed by atoms with E-state index in [0.717, 1.165) is 9.87 Å². The van der Waals surface area contributed by atoms with Gasteiger partial charge in [0.25, 0.3) is 10.0 Å². The highest BCUT2D eigenvalue weighted by Gasteiger charge is 2.29. The monoisotopic (exact) mass is 676 g/mol. The summed E-state index contributed by atoms with van der Waals surface area (Å²) < 4.78 is 35.3. The van der Waals surface area contributed by atoms with Crippen molar-refractivity contribution in [3.8, 4) is 5.82 Å². The summed E-state index contributed by atoms with van der Waals surface area (Å²) in [5, 5.41) is 10.4. The van der Waals surface area contributed by atoms with Crippen molar-refractivity contribution < 1.29 is 27.9 Å². The first-order valence-corrected chi connectivity index (χ1v) is 16.0. The third kappa shape index (κ3) is 8.03. The van der Waals surface area contributed by atoms with Crippen molar-refractivity contribution in [2.75, 3.05) is 42.9 Å². The number of amides is 1. The lowest BCUT2D eigenvalue weighted by atomic mass is 10.2. The van der Waals surface area contributed by atoms with Crippen molar-refractivity contribution in [3.05, 3.63) is 70.6 Å². The first-order valence-electron chi connectivity index (χ1n) is 13.8. The molecule has 0 unspecified atom stereocenters. The summed E-state index contributed by atoms with van der Waals surface area (Å²) in [5.74, 6) is -0.576. The van der Waals surface area contributed by atoms with Crippen molar-refractivity contribution >= 4 is 67.7 Å². The zero-order valence-corrected chi connectivity index (χ0v) is 28.0. The molecule has 15 heteroatoms. The highest BCUT2D eigenvalue weighted by atomic mass is 35.5. The number of carbonyl (C=O) groups excluding carboxylic acids is 1. The number of hydrogen-bond donors (Lipinski definition) is 1. The van der Waals surface area contributed by atoms with E-state index in [9.17, 15) is 23.1 Å². The van der Waals surface area contributed by atoms with Crippen molar-refractivity contribution in [1.29, 1.82) is 0 Å². The number of carboxylic acid groups (broad SMARTS) is 1. The predicted molar refractivity (Wildman–Crippen MR) is 174 cm³/mol. The topological polar surface area (TPSA) is 138 Å². The maximum Gasteiger partial charge on any atom is 0.416 e. The third-order valence-corrected chi connectivity index (χ3v) is 8.70. The molecular weight excluding hydrogens is 643 g/mol. The average Bonchev–Trinajstić information content (AvgIpc) is 3.26. The van der Waals surface area contributed by atoms with Gasteiger partial charge in [-0.3, -0.25) is 18.6 Å². The SMILES string of the molecule is Cc1cn(-c2cnc(N(CCN(C)C)C(=O)OC(C)(C)C)cn2)c2ccc(N(CC(=O)O)S(=O)(=O)c3cc(Cl)cc(Cl)c3)cc12. The molecule has 0 saturated carbocycles. The number of fused-ring (bicyclic) bond motifs is 1. The Morgan fingerprint density at radius 1 is 1.00 bits per heavy atom. The summed E-state index contributed by atoms with van der Waals surface area (Å²) in [4.78, 5) is 36.9. The molecule has 1 N–H and O–H groups in total. The van der Waals surface area contributed by atoms with Crippen LogP contribution in [0.25, 0.3) is 16.7 Å². The second-order valence-corrected chi connectivity index (χ2v) is 14.3. The molecule has 0 aliphatic heterocycles. The summed E-state index contributed by atoms with van der Waals surface area (Å²) >= 11 is 12.1. The van der Waals surface area contributed by atoms with Crippen molar-refractivity contribution in [2.24, 2.45) is 0 Å². The molecule has 0 fully saturated rings. The highest BCUT2D eigenvalue weighted by Crippen LogP contribution is 2.32. The summed E-state index contributed by atoms with van der Waals surface area (Å²) in [6.45, 7) is 7.29. The molecule has 0 aliphatic carbocycles. The van der Waals surface area contributed by atoms with E-state index in [1.165, 1.54) is 41.6 Å². The summed E-state index contributed by atoms with van der Waals surface area (Å²) in [7, 11) is -0.556. The lowest BCUT2D eigenvalue weighted by Crippen LogP contribution is -2.41. The Labute approximate surface area is 271 Å². The van der Waals surface area contributed by atoms with Gasteiger partial charge in [-0.05, 0) is 83.8 Å². The number of hydrogen-bond acceptors (Lipinski definition) is 8. The minimum Gasteiger partial charge on any atom is -0.480 e. The fourth-order valence-corrected chi connectivity index (χ4v) is 6.60. The quantitative estimate of drug-likeness (QED) is 0.227. The third-order valence-electron chi connectivity index (χ3n) is 6.51. The zero-order chi connectivity index (χ0) is 33.3. The number of halogens is 2. The number of aromatic nitrogens is 3. The van der Waals surface area contributed by atoms with E-state index in [1.54, 1.807) is 37.5 Å². The number of likely N-dealkylation sites (N-methyl/N-ethyl adjacent to an activating group) is 1. The van der Waals surface area contributed by atoms with E-state index in [1.807, 2.05) is 32.1 Å². The van der Waals surface area contributed by atoms with Crippen LogP contribution in [0.1, 0.15) is 26.3 Å². The van der Waals surface area contributed by atoms with Gasteiger partial charge in [-0.2, -0.15) is 0 Å². The Kier molecular flexibility index (Phi) is 9.98. The zero-order valence-electron chi connectivity index (χ0n) is 25.7. The summed E-state index contributed by atoms with van der Waals surface area (Å²) in [6, 6.07) is 8.59. The van der Waals surface area contributed by atoms with Crippen LogP contribution in [-0.4, -0.2) is 84.4 Å². The van der Waals surface area contributed by atoms with Crippen LogP contribution in [0.15, 0.2) is 59.9 Å². The number of carboxylic acids is 1. The van der Waals surface area contributed by atoms with Gasteiger partial charge in [0.15, 0.2) is 11.6 Å². The van der Waals surface area contributed by atoms with Crippen LogP contribution in [0.2, 0.25) is 10.0 Å². The van der Waals surface area contributed by atoms with Crippen LogP contribution in [0, 0.1) is 6.92 Å². The van der Waals surface area contributed by atoms with E-state index in [0.29, 0.717) is 35.6 Å². The molecule has 0 saturated heterocycles. The molecule has 1 amide bonds. The highest BCUT2D eigenvalue weighted by molar-refractivity contribution is 7.92. The number of aryl methyl sites for hydroxylation is 1. The second kappa shape index (κ2) is 13.2. The van der Waals surface area contributed by atoms with Gasteiger partial charge in [-0.1, -0.05) is 23.2 Å². The first-order chi connectivity index (χ1) is 21.0. The van der Waals surface area contributed by atoms with E-state index in [4.69, 9.17) is 27.9 Å². The Hall–Kier alpha value is -3.91. The van der Waals surface area contributed by atoms with E-state index in [2.05, 4.69) is 9.97 Å². The van der Waals surface area contributed by atoms with Crippen LogP contribution >= 0.6 is 23.2 Å². The fourth-order valence-electron chi connectivity index (χ4n) is 4.46. The van der Waals surface area contributed by atoms with Gasteiger partial charge >= 0.3 is 12.1 Å². The van der Waals surface area contributed by atoms with Gasteiger partial charge in [0.1, 0.15) is 12.1 Å². The molecule has 0 atom stereocenters. The van der Waals surface area contributed by atoms with Gasteiger partial charge in [0.05, 0.1) is 28.5 Å². The number of ether oxygens (including phenoxy) is 1. The number of aliphatic carboxylic acids is 1. The maximum atomic E-state index is 13.6. The Morgan fingerprint density at radius 3 is 2.22 bits per heavy atom. The van der Waals surface area contributed by atoms with Crippen LogP contribution in [0.3, 0.4) is 0 Å². The average molecular weight is 678 g/mol. The molecule has 4 rings (SSSR count). The number of benzene rings is 2. The number of sulfonamides is 1. The van der Waals surface area contributed by atoms with Crippen molar-refractivity contribution in [3.63, 3.8) is 0 Å². The normalized spacial score (nSPS) is 12.0. The summed E-state index contributed by atoms with van der Waals surface area (Å²) in [5.41, 5.74) is 0.894. The van der Waals surface area contributed by atoms with Crippen molar-refractivity contribution in [1.82, 2.24) is 19.4 Å². The minimum atomic E-state index is -4.35. The molecule has 45 heavy (non-hydrogen) atoms. The number of rotatable bonds is 10. The smallest absolute Gasteiger partial charge is 0.416 e. The number of anilines is 2. The van der Waals surface area contributed by atoms with Gasteiger partial charge in [-0.15, -0.1) is 0 Å². The molecule has 12 nitrogen and oxygen atoms in total. The summed E-state index contributed by atoms with van der Waals surface area (Å²) in [6.07, 6.45) is 4.28. The molecule has 4 aromatic rings. The van der Waals surface area contributed by atoms with Gasteiger partial charge < -0.3 is 14.7 Å². The molecule has 0 aliphatic rings. The number of carbonyl (C=O) groups is 2. The standard InChI is InChI=1S/C30H34Cl2N6O6S/c1-19-17-37(27-16-33-26(15-34-27)36(10-9-35(5)6)29(41)44-30(2,3)4)25-8-7-22(14-24(19)25)38(18-28(39)40)45(42,43)23-12-20(31)11-21(32)13-23/h7-8,11-17H,9-10,18H2,1-6H3,(H,39,40). The van der Waals surface area contributed by atoms with Crippen LogP contribution in [0.4, 0.5) is 16.3 Å². The number of nitrogens with zero attached hydrogens (tertiary/aromatic N) is 6. The van der Waals surface area contributed by atoms with Gasteiger partial charge in [0, 0.05) is 34.7 Å². The Morgan fingerprint density at radius 2 is 1.67 bits per heavy atom. The fraction of sp³-hybridized carbons (Fsp3) is 0.333. The lowest BCUT2D eigenvalue weighted by Gasteiger charge is -2.27. The minimum absolute atomic E-state index is 0.0961. The van der Waals surface area contributed by atoms with E-state index in [-0.39, 0.29) is 20.6 Å². The Balaban J connectivity index is 1.72. The van der Waals surface area contributed by atoms with Crippen LogP contribution in [-0.2, 0) is 19.6 Å². The van der Waals surface area contributed by atoms with E-state index < -0.39 is 34.2 Å². The van der Waals surface area contributed by atoms with Gasteiger partial charge in [0.2, 0.25) is 0 Å².